The lowest BCUT2D eigenvalue weighted by atomic mass is 10.1. The SMILES string of the molecule is C#CCn1c(CCNC(=O)c2cccc(C)c2)nc2ccccc21. The molecule has 3 aromatic rings. The molecule has 0 radical (unpaired) electrons. The lowest BCUT2D eigenvalue weighted by molar-refractivity contribution is 0.0954. The van der Waals surface area contributed by atoms with Gasteiger partial charge in [-0.25, -0.2) is 4.98 Å². The summed E-state index contributed by atoms with van der Waals surface area (Å²) in [7, 11) is 0. The van der Waals surface area contributed by atoms with E-state index in [1.54, 1.807) is 0 Å². The molecule has 0 aliphatic heterocycles. The monoisotopic (exact) mass is 317 g/mol. The quantitative estimate of drug-likeness (QED) is 0.736. The number of nitrogens with zero attached hydrogens (tertiary/aromatic N) is 2. The number of carbonyl (C=O) groups excluding carboxylic acids is 1. The molecule has 0 bridgehead atoms. The van der Waals surface area contributed by atoms with Crippen LogP contribution in [-0.2, 0) is 13.0 Å². The molecule has 0 spiro atoms. The number of aryl methyl sites for hydroxylation is 1. The fourth-order valence-corrected chi connectivity index (χ4v) is 2.76. The molecular formula is C20H19N3O. The first kappa shape index (κ1) is 15.8. The van der Waals surface area contributed by atoms with E-state index in [0.717, 1.165) is 22.4 Å². The van der Waals surface area contributed by atoms with E-state index in [1.165, 1.54) is 0 Å². The van der Waals surface area contributed by atoms with Gasteiger partial charge in [0.1, 0.15) is 5.82 Å². The number of carbonyl (C=O) groups is 1. The van der Waals surface area contributed by atoms with Gasteiger partial charge in [-0.15, -0.1) is 6.42 Å². The summed E-state index contributed by atoms with van der Waals surface area (Å²) in [5.74, 6) is 3.49. The van der Waals surface area contributed by atoms with Crippen LogP contribution in [0, 0.1) is 19.3 Å². The third-order valence-electron chi connectivity index (χ3n) is 3.90. The molecule has 1 amide bonds. The zero-order valence-corrected chi connectivity index (χ0v) is 13.6. The van der Waals surface area contributed by atoms with Gasteiger partial charge in [0.15, 0.2) is 0 Å². The number of rotatable bonds is 5. The Morgan fingerprint density at radius 1 is 1.25 bits per heavy atom. The van der Waals surface area contributed by atoms with Gasteiger partial charge in [0.25, 0.3) is 5.91 Å². The van der Waals surface area contributed by atoms with Gasteiger partial charge in [-0.1, -0.05) is 35.7 Å². The maximum absolute atomic E-state index is 12.2. The van der Waals surface area contributed by atoms with Crippen molar-refractivity contribution in [2.45, 2.75) is 19.9 Å². The topological polar surface area (TPSA) is 46.9 Å². The van der Waals surface area contributed by atoms with Crippen molar-refractivity contribution >= 4 is 16.9 Å². The van der Waals surface area contributed by atoms with Crippen molar-refractivity contribution in [2.75, 3.05) is 6.54 Å². The summed E-state index contributed by atoms with van der Waals surface area (Å²) in [6, 6.07) is 15.5. The maximum atomic E-state index is 12.2. The van der Waals surface area contributed by atoms with Gasteiger partial charge in [0, 0.05) is 18.5 Å². The van der Waals surface area contributed by atoms with Crippen LogP contribution in [0.4, 0.5) is 0 Å². The van der Waals surface area contributed by atoms with Crippen LogP contribution < -0.4 is 5.32 Å². The first-order chi connectivity index (χ1) is 11.7. The molecule has 0 fully saturated rings. The molecule has 1 N–H and O–H groups in total. The molecule has 1 aromatic heterocycles. The van der Waals surface area contributed by atoms with Crippen molar-refractivity contribution < 1.29 is 4.79 Å². The summed E-state index contributed by atoms with van der Waals surface area (Å²) < 4.78 is 2.02. The fraction of sp³-hybridized carbons (Fsp3) is 0.200. The number of amides is 1. The molecule has 0 saturated heterocycles. The van der Waals surface area contributed by atoms with Gasteiger partial charge >= 0.3 is 0 Å². The van der Waals surface area contributed by atoms with Crippen LogP contribution in [0.1, 0.15) is 21.7 Å². The van der Waals surface area contributed by atoms with E-state index in [0.29, 0.717) is 25.1 Å². The summed E-state index contributed by atoms with van der Waals surface area (Å²) in [6.45, 7) is 2.96. The number of aromatic nitrogens is 2. The summed E-state index contributed by atoms with van der Waals surface area (Å²) in [5.41, 5.74) is 3.69. The second-order valence-corrected chi connectivity index (χ2v) is 5.68. The number of imidazole rings is 1. The van der Waals surface area contributed by atoms with Gasteiger partial charge < -0.3 is 9.88 Å². The van der Waals surface area contributed by atoms with E-state index in [-0.39, 0.29) is 5.91 Å². The van der Waals surface area contributed by atoms with E-state index in [2.05, 4.69) is 16.2 Å². The van der Waals surface area contributed by atoms with Gasteiger partial charge in [-0.2, -0.15) is 0 Å². The minimum atomic E-state index is -0.0710. The Hall–Kier alpha value is -3.06. The third kappa shape index (κ3) is 3.31. The number of nitrogens with one attached hydrogen (secondary N) is 1. The van der Waals surface area contributed by atoms with Crippen molar-refractivity contribution in [1.29, 1.82) is 0 Å². The smallest absolute Gasteiger partial charge is 0.251 e. The molecular weight excluding hydrogens is 298 g/mol. The van der Waals surface area contributed by atoms with E-state index < -0.39 is 0 Å². The first-order valence-electron chi connectivity index (χ1n) is 7.91. The Balaban J connectivity index is 1.71. The highest BCUT2D eigenvalue weighted by Gasteiger charge is 2.10. The zero-order valence-electron chi connectivity index (χ0n) is 13.6. The molecule has 0 unspecified atom stereocenters. The van der Waals surface area contributed by atoms with Gasteiger partial charge in [0.05, 0.1) is 17.6 Å². The average molecular weight is 317 g/mol. The van der Waals surface area contributed by atoms with Crippen LogP contribution in [0.2, 0.25) is 0 Å². The van der Waals surface area contributed by atoms with Crippen molar-refractivity contribution in [3.63, 3.8) is 0 Å². The van der Waals surface area contributed by atoms with Crippen LogP contribution in [0.25, 0.3) is 11.0 Å². The Bertz CT molecular complexity index is 918. The second-order valence-electron chi connectivity index (χ2n) is 5.68. The minimum absolute atomic E-state index is 0.0710. The maximum Gasteiger partial charge on any atom is 0.251 e. The number of para-hydroxylation sites is 2. The highest BCUT2D eigenvalue weighted by molar-refractivity contribution is 5.94. The Morgan fingerprint density at radius 2 is 2.08 bits per heavy atom. The van der Waals surface area contributed by atoms with Crippen molar-refractivity contribution in [3.05, 3.63) is 65.5 Å². The first-order valence-corrected chi connectivity index (χ1v) is 7.91. The van der Waals surface area contributed by atoms with Crippen LogP contribution >= 0.6 is 0 Å². The molecule has 24 heavy (non-hydrogen) atoms. The summed E-state index contributed by atoms with van der Waals surface area (Å²) in [5, 5.41) is 2.94. The molecule has 4 nitrogen and oxygen atoms in total. The molecule has 1 heterocycles. The molecule has 4 heteroatoms. The van der Waals surface area contributed by atoms with Crippen molar-refractivity contribution in [2.24, 2.45) is 0 Å². The van der Waals surface area contributed by atoms with Gasteiger partial charge in [0.2, 0.25) is 0 Å². The lowest BCUT2D eigenvalue weighted by Gasteiger charge is -2.07. The Morgan fingerprint density at radius 3 is 2.88 bits per heavy atom. The average Bonchev–Trinajstić information content (AvgIpc) is 2.93. The molecule has 0 atom stereocenters. The number of fused-ring (bicyclic) bond motifs is 1. The Labute approximate surface area is 141 Å². The number of hydrogen-bond acceptors (Lipinski definition) is 2. The van der Waals surface area contributed by atoms with E-state index in [4.69, 9.17) is 6.42 Å². The number of benzene rings is 2. The van der Waals surface area contributed by atoms with Crippen LogP contribution in [-0.4, -0.2) is 22.0 Å². The van der Waals surface area contributed by atoms with E-state index in [1.807, 2.05) is 60.0 Å². The minimum Gasteiger partial charge on any atom is -0.352 e. The lowest BCUT2D eigenvalue weighted by Crippen LogP contribution is -2.26. The summed E-state index contributed by atoms with van der Waals surface area (Å²) in [6.07, 6.45) is 6.11. The van der Waals surface area contributed by atoms with Crippen molar-refractivity contribution in [3.8, 4) is 12.3 Å². The normalized spacial score (nSPS) is 10.5. The standard InChI is InChI=1S/C20H19N3O/c1-3-13-23-18-10-5-4-9-17(18)22-19(23)11-12-21-20(24)16-8-6-7-15(2)14-16/h1,4-10,14H,11-13H2,2H3,(H,21,24). The van der Waals surface area contributed by atoms with Crippen LogP contribution in [0.3, 0.4) is 0 Å². The highest BCUT2D eigenvalue weighted by Crippen LogP contribution is 2.16. The molecule has 0 aliphatic carbocycles. The highest BCUT2D eigenvalue weighted by atomic mass is 16.1. The Kier molecular flexibility index (Phi) is 4.62. The predicted molar refractivity (Wildman–Crippen MR) is 95.8 cm³/mol. The zero-order chi connectivity index (χ0) is 16.9. The van der Waals surface area contributed by atoms with E-state index >= 15 is 0 Å². The summed E-state index contributed by atoms with van der Waals surface area (Å²) >= 11 is 0. The molecule has 2 aromatic carbocycles. The number of terminal acetylenes is 1. The molecule has 0 saturated carbocycles. The molecule has 120 valence electrons. The number of hydrogen-bond donors (Lipinski definition) is 1. The van der Waals surface area contributed by atoms with Gasteiger partial charge in [-0.05, 0) is 31.2 Å². The van der Waals surface area contributed by atoms with Crippen LogP contribution in [0.15, 0.2) is 48.5 Å². The fourth-order valence-electron chi connectivity index (χ4n) is 2.76. The third-order valence-corrected chi connectivity index (χ3v) is 3.90. The van der Waals surface area contributed by atoms with Crippen LogP contribution in [0.5, 0.6) is 0 Å². The van der Waals surface area contributed by atoms with Gasteiger partial charge in [-0.3, -0.25) is 4.79 Å². The summed E-state index contributed by atoms with van der Waals surface area (Å²) in [4.78, 5) is 16.8. The van der Waals surface area contributed by atoms with Crippen molar-refractivity contribution in [1.82, 2.24) is 14.9 Å². The predicted octanol–water partition coefficient (Wildman–Crippen LogP) is 2.95. The molecule has 3 rings (SSSR count). The largest absolute Gasteiger partial charge is 0.352 e. The molecule has 0 aliphatic rings. The van der Waals surface area contributed by atoms with E-state index in [9.17, 15) is 4.79 Å². The second kappa shape index (κ2) is 7.01.